The summed E-state index contributed by atoms with van der Waals surface area (Å²) in [5, 5.41) is 0. The molecular weight excluding hydrogens is 228 g/mol. The highest BCUT2D eigenvalue weighted by Crippen LogP contribution is 2.19. The molecule has 6 heteroatoms. The second-order valence-corrected chi connectivity index (χ2v) is 7.11. The average molecular weight is 252 g/mol. The van der Waals surface area contributed by atoms with Crippen LogP contribution in [0.15, 0.2) is 0 Å². The summed E-state index contributed by atoms with van der Waals surface area (Å²) in [5.41, 5.74) is 5.95. The Hall–Kier alpha value is -0.170. The highest BCUT2D eigenvalue weighted by Gasteiger charge is 2.17. The predicted molar refractivity (Wildman–Crippen MR) is 65.7 cm³/mol. The van der Waals surface area contributed by atoms with Crippen molar-refractivity contribution in [2.45, 2.75) is 33.2 Å². The third-order valence-electron chi connectivity index (χ3n) is 2.00. The van der Waals surface area contributed by atoms with Crippen LogP contribution in [0.3, 0.4) is 0 Å². The van der Waals surface area contributed by atoms with Crippen LogP contribution >= 0.6 is 0 Å². The van der Waals surface area contributed by atoms with Crippen molar-refractivity contribution >= 4 is 10.0 Å². The summed E-state index contributed by atoms with van der Waals surface area (Å²) in [6, 6.07) is -0.155. The molecule has 1 atom stereocenters. The molecule has 0 fully saturated rings. The predicted octanol–water partition coefficient (Wildman–Crippen LogP) is 0.316. The summed E-state index contributed by atoms with van der Waals surface area (Å²) in [4.78, 5) is 0. The minimum atomic E-state index is -3.25. The highest BCUT2D eigenvalue weighted by molar-refractivity contribution is 7.89. The van der Waals surface area contributed by atoms with Crippen molar-refractivity contribution in [1.29, 1.82) is 0 Å². The average Bonchev–Trinajstić information content (AvgIpc) is 2.09. The monoisotopic (exact) mass is 252 g/mol. The zero-order valence-corrected chi connectivity index (χ0v) is 11.4. The second kappa shape index (κ2) is 6.54. The summed E-state index contributed by atoms with van der Waals surface area (Å²) >= 11 is 0. The number of sulfonamides is 1. The molecule has 0 spiro atoms. The molecule has 0 aliphatic heterocycles. The molecule has 0 heterocycles. The fourth-order valence-electron chi connectivity index (χ4n) is 1.36. The third kappa shape index (κ3) is 9.08. The second-order valence-electron chi connectivity index (χ2n) is 5.18. The van der Waals surface area contributed by atoms with Gasteiger partial charge in [0.15, 0.2) is 0 Å². The maximum absolute atomic E-state index is 11.4. The van der Waals surface area contributed by atoms with E-state index < -0.39 is 10.0 Å². The molecule has 0 saturated heterocycles. The van der Waals surface area contributed by atoms with Gasteiger partial charge >= 0.3 is 0 Å². The van der Waals surface area contributed by atoms with Crippen molar-refractivity contribution in [2.75, 3.05) is 26.0 Å². The Morgan fingerprint density at radius 3 is 2.38 bits per heavy atom. The summed E-state index contributed by atoms with van der Waals surface area (Å²) in [6.45, 7) is 6.71. The van der Waals surface area contributed by atoms with E-state index in [2.05, 4.69) is 25.5 Å². The van der Waals surface area contributed by atoms with Gasteiger partial charge in [0.25, 0.3) is 0 Å². The summed E-state index contributed by atoms with van der Waals surface area (Å²) in [5.74, 6) is -0.0221. The van der Waals surface area contributed by atoms with Crippen LogP contribution in [0.5, 0.6) is 0 Å². The molecule has 0 aromatic carbocycles. The van der Waals surface area contributed by atoms with Crippen molar-refractivity contribution in [1.82, 2.24) is 4.72 Å². The molecule has 1 unspecified atom stereocenters. The Balaban J connectivity index is 3.95. The minimum absolute atomic E-state index is 0.0221. The molecule has 0 rings (SSSR count). The number of hydrogen-bond donors (Lipinski definition) is 2. The molecule has 0 aliphatic carbocycles. The molecule has 0 aromatic heterocycles. The van der Waals surface area contributed by atoms with Gasteiger partial charge in [-0.1, -0.05) is 20.8 Å². The molecule has 0 radical (unpaired) electrons. The first-order valence-electron chi connectivity index (χ1n) is 5.38. The van der Waals surface area contributed by atoms with Crippen molar-refractivity contribution in [2.24, 2.45) is 11.1 Å². The topological polar surface area (TPSA) is 81.4 Å². The minimum Gasteiger partial charge on any atom is -0.384 e. The van der Waals surface area contributed by atoms with E-state index in [9.17, 15) is 8.42 Å². The van der Waals surface area contributed by atoms with E-state index in [4.69, 9.17) is 10.5 Å². The van der Waals surface area contributed by atoms with E-state index in [1.165, 1.54) is 7.11 Å². The van der Waals surface area contributed by atoms with Gasteiger partial charge in [-0.05, 0) is 11.8 Å². The van der Waals surface area contributed by atoms with E-state index in [-0.39, 0.29) is 30.4 Å². The summed E-state index contributed by atoms with van der Waals surface area (Å²) in [6.07, 6.45) is 0.778. The maximum atomic E-state index is 11.4. The Morgan fingerprint density at radius 1 is 1.38 bits per heavy atom. The van der Waals surface area contributed by atoms with E-state index >= 15 is 0 Å². The smallest absolute Gasteiger partial charge is 0.213 e. The van der Waals surface area contributed by atoms with Crippen LogP contribution in [0.1, 0.15) is 27.2 Å². The molecular formula is C10H24N2O3S. The molecule has 0 aliphatic rings. The van der Waals surface area contributed by atoms with Gasteiger partial charge < -0.3 is 10.5 Å². The van der Waals surface area contributed by atoms with E-state index in [1.807, 2.05) is 0 Å². The number of hydrogen-bond acceptors (Lipinski definition) is 4. The number of nitrogens with one attached hydrogen (secondary N) is 1. The quantitative estimate of drug-likeness (QED) is 0.683. The standard InChI is InChI=1S/C10H24N2O3S/c1-10(2,3)7-9(11)8-12-16(13,14)6-5-15-4/h9,12H,5-8,11H2,1-4H3. The van der Waals surface area contributed by atoms with Gasteiger partial charge in [0, 0.05) is 19.7 Å². The van der Waals surface area contributed by atoms with Crippen LogP contribution in [0.25, 0.3) is 0 Å². The van der Waals surface area contributed by atoms with Crippen LogP contribution in [-0.4, -0.2) is 40.5 Å². The van der Waals surface area contributed by atoms with Crippen LogP contribution in [0.2, 0.25) is 0 Å². The zero-order valence-electron chi connectivity index (χ0n) is 10.6. The van der Waals surface area contributed by atoms with Crippen molar-refractivity contribution in [3.8, 4) is 0 Å². The molecule has 0 bridgehead atoms. The van der Waals surface area contributed by atoms with Gasteiger partial charge in [-0.25, -0.2) is 13.1 Å². The maximum Gasteiger partial charge on any atom is 0.213 e. The van der Waals surface area contributed by atoms with Crippen LogP contribution in [-0.2, 0) is 14.8 Å². The molecule has 0 amide bonds. The molecule has 3 N–H and O–H groups in total. The first-order valence-corrected chi connectivity index (χ1v) is 7.03. The summed E-state index contributed by atoms with van der Waals surface area (Å²) in [7, 11) is -1.78. The fourth-order valence-corrected chi connectivity index (χ4v) is 2.36. The van der Waals surface area contributed by atoms with E-state index in [0.29, 0.717) is 0 Å². The normalized spacial score (nSPS) is 15.1. The number of ether oxygens (including phenoxy) is 1. The Kier molecular flexibility index (Phi) is 6.47. The zero-order chi connectivity index (χ0) is 12.8. The van der Waals surface area contributed by atoms with Crippen molar-refractivity contribution in [3.05, 3.63) is 0 Å². The first-order chi connectivity index (χ1) is 7.16. The number of nitrogens with two attached hydrogens (primary N) is 1. The number of rotatable bonds is 7. The largest absolute Gasteiger partial charge is 0.384 e. The van der Waals surface area contributed by atoms with Crippen LogP contribution < -0.4 is 10.5 Å². The van der Waals surface area contributed by atoms with Gasteiger partial charge in [-0.2, -0.15) is 0 Å². The Bertz CT molecular complexity index is 283. The van der Waals surface area contributed by atoms with Gasteiger partial charge in [-0.15, -0.1) is 0 Å². The van der Waals surface area contributed by atoms with Gasteiger partial charge in [-0.3, -0.25) is 0 Å². The lowest BCUT2D eigenvalue weighted by atomic mass is 9.88. The molecule has 0 saturated carbocycles. The van der Waals surface area contributed by atoms with Crippen molar-refractivity contribution < 1.29 is 13.2 Å². The molecule has 0 aromatic rings. The fraction of sp³-hybridized carbons (Fsp3) is 1.00. The van der Waals surface area contributed by atoms with Gasteiger partial charge in [0.05, 0.1) is 12.4 Å². The molecule has 16 heavy (non-hydrogen) atoms. The van der Waals surface area contributed by atoms with Gasteiger partial charge in [0.2, 0.25) is 10.0 Å². The molecule has 5 nitrogen and oxygen atoms in total. The lowest BCUT2D eigenvalue weighted by Crippen LogP contribution is -2.40. The lowest BCUT2D eigenvalue weighted by molar-refractivity contribution is 0.217. The lowest BCUT2D eigenvalue weighted by Gasteiger charge is -2.23. The molecule has 98 valence electrons. The van der Waals surface area contributed by atoms with Crippen LogP contribution in [0, 0.1) is 5.41 Å². The first kappa shape index (κ1) is 15.8. The number of methoxy groups -OCH3 is 1. The van der Waals surface area contributed by atoms with E-state index in [1.54, 1.807) is 0 Å². The Morgan fingerprint density at radius 2 is 1.94 bits per heavy atom. The summed E-state index contributed by atoms with van der Waals surface area (Å²) < 4.78 is 30.0. The third-order valence-corrected chi connectivity index (χ3v) is 3.31. The van der Waals surface area contributed by atoms with E-state index in [0.717, 1.165) is 6.42 Å². The van der Waals surface area contributed by atoms with Crippen molar-refractivity contribution in [3.63, 3.8) is 0 Å². The van der Waals surface area contributed by atoms with Crippen LogP contribution in [0.4, 0.5) is 0 Å². The SMILES string of the molecule is COCCS(=O)(=O)NCC(N)CC(C)(C)C. The van der Waals surface area contributed by atoms with Gasteiger partial charge in [0.1, 0.15) is 0 Å². The Labute approximate surface area is 98.8 Å². The highest BCUT2D eigenvalue weighted by atomic mass is 32.2.